The summed E-state index contributed by atoms with van der Waals surface area (Å²) < 4.78 is 7.39. The van der Waals surface area contributed by atoms with Gasteiger partial charge < -0.3 is 10.1 Å². The highest BCUT2D eigenvalue weighted by molar-refractivity contribution is 6.05. The first-order valence-electron chi connectivity index (χ1n) is 12.5. The highest BCUT2D eigenvalue weighted by Crippen LogP contribution is 2.43. The minimum absolute atomic E-state index is 0.00463. The van der Waals surface area contributed by atoms with Crippen molar-refractivity contribution in [2.24, 2.45) is 4.99 Å². The van der Waals surface area contributed by atoms with E-state index in [9.17, 15) is 0 Å². The SMILES string of the molecule is COc1ccc(C2CC(c3ccc(C)cc3)=Nc3c(-c4ccccc4)nn(-c4ccccc4)c3N2)cc1. The van der Waals surface area contributed by atoms with Crippen LogP contribution in [0, 0.1) is 6.92 Å². The van der Waals surface area contributed by atoms with Crippen LogP contribution in [-0.2, 0) is 0 Å². The van der Waals surface area contributed by atoms with Gasteiger partial charge in [-0.3, -0.25) is 0 Å². The van der Waals surface area contributed by atoms with Crippen molar-refractivity contribution < 1.29 is 4.74 Å². The van der Waals surface area contributed by atoms with Gasteiger partial charge in [0, 0.05) is 12.0 Å². The van der Waals surface area contributed by atoms with E-state index in [-0.39, 0.29) is 6.04 Å². The molecule has 1 N–H and O–H groups in total. The lowest BCUT2D eigenvalue weighted by molar-refractivity contribution is 0.414. The molecular formula is C32H28N4O. The van der Waals surface area contributed by atoms with Crippen LogP contribution in [0.1, 0.15) is 29.2 Å². The number of nitrogens with one attached hydrogen (secondary N) is 1. The zero-order valence-electron chi connectivity index (χ0n) is 20.9. The van der Waals surface area contributed by atoms with E-state index < -0.39 is 0 Å². The third-order valence-electron chi connectivity index (χ3n) is 6.77. The molecule has 5 nitrogen and oxygen atoms in total. The molecule has 0 fully saturated rings. The number of aromatic nitrogens is 2. The van der Waals surface area contributed by atoms with Gasteiger partial charge in [0.2, 0.25) is 0 Å². The van der Waals surface area contributed by atoms with E-state index >= 15 is 0 Å². The number of hydrogen-bond acceptors (Lipinski definition) is 4. The molecular weight excluding hydrogens is 456 g/mol. The molecule has 0 amide bonds. The van der Waals surface area contributed by atoms with E-state index in [1.807, 2.05) is 53.2 Å². The van der Waals surface area contributed by atoms with Crippen LogP contribution in [0.2, 0.25) is 0 Å². The fraction of sp³-hybridized carbons (Fsp3) is 0.125. The normalized spacial score (nSPS) is 14.8. The molecule has 0 saturated carbocycles. The first-order valence-corrected chi connectivity index (χ1v) is 12.5. The van der Waals surface area contributed by atoms with Gasteiger partial charge in [0.05, 0.1) is 24.6 Å². The molecule has 1 atom stereocenters. The van der Waals surface area contributed by atoms with Gasteiger partial charge in [-0.2, -0.15) is 5.10 Å². The lowest BCUT2D eigenvalue weighted by atomic mass is 9.97. The highest BCUT2D eigenvalue weighted by atomic mass is 16.5. The van der Waals surface area contributed by atoms with Gasteiger partial charge in [0.25, 0.3) is 0 Å². The molecule has 1 aliphatic rings. The third kappa shape index (κ3) is 4.52. The van der Waals surface area contributed by atoms with Gasteiger partial charge in [-0.1, -0.05) is 90.5 Å². The number of anilines is 1. The van der Waals surface area contributed by atoms with Gasteiger partial charge >= 0.3 is 0 Å². The predicted octanol–water partition coefficient (Wildman–Crippen LogP) is 7.53. The van der Waals surface area contributed by atoms with Crippen molar-refractivity contribution in [3.05, 3.63) is 126 Å². The zero-order valence-corrected chi connectivity index (χ0v) is 20.9. The number of rotatable bonds is 5. The van der Waals surface area contributed by atoms with Gasteiger partial charge in [-0.25, -0.2) is 9.67 Å². The van der Waals surface area contributed by atoms with Crippen molar-refractivity contribution in [2.45, 2.75) is 19.4 Å². The fourth-order valence-corrected chi connectivity index (χ4v) is 4.75. The Morgan fingerprint density at radius 3 is 2.14 bits per heavy atom. The number of fused-ring (bicyclic) bond motifs is 1. The molecule has 6 rings (SSSR count). The van der Waals surface area contributed by atoms with Crippen molar-refractivity contribution in [1.82, 2.24) is 9.78 Å². The van der Waals surface area contributed by atoms with Crippen molar-refractivity contribution in [1.29, 1.82) is 0 Å². The number of aliphatic imine (C=N–C) groups is 1. The molecule has 2 heterocycles. The molecule has 0 radical (unpaired) electrons. The van der Waals surface area contributed by atoms with Gasteiger partial charge in [0.1, 0.15) is 17.1 Å². The van der Waals surface area contributed by atoms with Crippen LogP contribution in [0.15, 0.2) is 114 Å². The van der Waals surface area contributed by atoms with Crippen LogP contribution in [0.4, 0.5) is 11.5 Å². The molecule has 4 aromatic carbocycles. The minimum Gasteiger partial charge on any atom is -0.497 e. The van der Waals surface area contributed by atoms with Crippen LogP contribution < -0.4 is 10.1 Å². The van der Waals surface area contributed by atoms with Crippen molar-refractivity contribution in [3.8, 4) is 22.7 Å². The van der Waals surface area contributed by atoms with Crippen molar-refractivity contribution >= 4 is 17.2 Å². The lowest BCUT2D eigenvalue weighted by Crippen LogP contribution is -2.16. The molecule has 0 aliphatic carbocycles. The quantitative estimate of drug-likeness (QED) is 0.280. The highest BCUT2D eigenvalue weighted by Gasteiger charge is 2.28. The van der Waals surface area contributed by atoms with Crippen LogP contribution in [0.25, 0.3) is 16.9 Å². The predicted molar refractivity (Wildman–Crippen MR) is 150 cm³/mol. The van der Waals surface area contributed by atoms with Crippen molar-refractivity contribution in [2.75, 3.05) is 12.4 Å². The largest absolute Gasteiger partial charge is 0.497 e. The summed E-state index contributed by atoms with van der Waals surface area (Å²) in [5.74, 6) is 1.72. The average Bonchev–Trinajstić information content (AvgIpc) is 3.19. The number of ether oxygens (including phenoxy) is 1. The van der Waals surface area contributed by atoms with E-state index in [1.165, 1.54) is 5.56 Å². The Bertz CT molecular complexity index is 1540. The maximum atomic E-state index is 5.41. The summed E-state index contributed by atoms with van der Waals surface area (Å²) in [5.41, 5.74) is 8.25. The van der Waals surface area contributed by atoms with E-state index in [0.29, 0.717) is 0 Å². The number of para-hydroxylation sites is 1. The molecule has 37 heavy (non-hydrogen) atoms. The maximum Gasteiger partial charge on any atom is 0.157 e. The summed E-state index contributed by atoms with van der Waals surface area (Å²) in [6.07, 6.45) is 0.729. The maximum absolute atomic E-state index is 5.41. The van der Waals surface area contributed by atoms with Gasteiger partial charge in [-0.05, 0) is 42.3 Å². The number of methoxy groups -OCH3 is 1. The first-order chi connectivity index (χ1) is 18.2. The number of hydrogen-bond donors (Lipinski definition) is 1. The van der Waals surface area contributed by atoms with E-state index in [0.717, 1.165) is 57.5 Å². The number of nitrogens with zero attached hydrogens (tertiary/aromatic N) is 3. The molecule has 0 bridgehead atoms. The molecule has 182 valence electrons. The molecule has 5 heteroatoms. The smallest absolute Gasteiger partial charge is 0.157 e. The molecule has 0 spiro atoms. The summed E-state index contributed by atoms with van der Waals surface area (Å²) in [5, 5.41) is 8.93. The van der Waals surface area contributed by atoms with Gasteiger partial charge in [-0.15, -0.1) is 0 Å². The molecule has 0 saturated heterocycles. The van der Waals surface area contributed by atoms with Gasteiger partial charge in [0.15, 0.2) is 5.82 Å². The summed E-state index contributed by atoms with van der Waals surface area (Å²) in [6, 6.07) is 37.4. The Balaban J connectivity index is 1.58. The van der Waals surface area contributed by atoms with Crippen molar-refractivity contribution in [3.63, 3.8) is 0 Å². The Hall–Kier alpha value is -4.64. The zero-order chi connectivity index (χ0) is 25.2. The third-order valence-corrected chi connectivity index (χ3v) is 6.77. The Labute approximate surface area is 217 Å². The van der Waals surface area contributed by atoms with Crippen LogP contribution >= 0.6 is 0 Å². The van der Waals surface area contributed by atoms with E-state index in [4.69, 9.17) is 14.8 Å². The average molecular weight is 485 g/mol. The molecule has 1 aliphatic heterocycles. The lowest BCUT2D eigenvalue weighted by Gasteiger charge is -2.20. The molecule has 5 aromatic rings. The second-order valence-corrected chi connectivity index (χ2v) is 9.26. The second kappa shape index (κ2) is 9.78. The summed E-state index contributed by atoms with van der Waals surface area (Å²) in [6.45, 7) is 2.11. The first kappa shape index (κ1) is 22.8. The standard InChI is InChI=1S/C32H28N4O/c1-22-13-15-23(16-14-22)28-21-29(24-17-19-27(37-2)20-18-24)34-32-31(33-28)30(25-9-5-3-6-10-25)35-36(32)26-11-7-4-8-12-26/h3-20,29,34H,21H2,1-2H3. The molecule has 1 unspecified atom stereocenters. The van der Waals surface area contributed by atoms with Crippen LogP contribution in [0.3, 0.4) is 0 Å². The number of aryl methyl sites for hydroxylation is 1. The monoisotopic (exact) mass is 484 g/mol. The van der Waals surface area contributed by atoms with Crippen LogP contribution in [0.5, 0.6) is 5.75 Å². The van der Waals surface area contributed by atoms with E-state index in [1.54, 1.807) is 7.11 Å². The summed E-state index contributed by atoms with van der Waals surface area (Å²) >= 11 is 0. The Morgan fingerprint density at radius 1 is 0.784 bits per heavy atom. The molecule has 1 aromatic heterocycles. The number of benzene rings is 4. The topological polar surface area (TPSA) is 51.4 Å². The Morgan fingerprint density at radius 2 is 1.46 bits per heavy atom. The fourth-order valence-electron chi connectivity index (χ4n) is 4.75. The van der Waals surface area contributed by atoms with Crippen LogP contribution in [-0.4, -0.2) is 22.6 Å². The van der Waals surface area contributed by atoms with E-state index in [2.05, 4.69) is 72.9 Å². The second-order valence-electron chi connectivity index (χ2n) is 9.26. The minimum atomic E-state index is -0.00463. The Kier molecular flexibility index (Phi) is 6.03. The summed E-state index contributed by atoms with van der Waals surface area (Å²) in [7, 11) is 1.69. The summed E-state index contributed by atoms with van der Waals surface area (Å²) in [4.78, 5) is 5.32.